The van der Waals surface area contributed by atoms with Crippen LogP contribution in [0.4, 0.5) is 4.39 Å². The largest absolute Gasteiger partial charge is 0.307 e. The average Bonchev–Trinajstić information content (AvgIpc) is 3.47. The molecule has 2 heterocycles. The van der Waals surface area contributed by atoms with Crippen LogP contribution in [0.3, 0.4) is 0 Å². The smallest absolute Gasteiger partial charge is 0.158 e. The molecule has 0 N–H and O–H groups in total. The Bertz CT molecular complexity index is 2080. The quantitative estimate of drug-likeness (QED) is 0.256. The van der Waals surface area contributed by atoms with Crippen LogP contribution in [0.25, 0.3) is 55.0 Å². The summed E-state index contributed by atoms with van der Waals surface area (Å²) in [5.74, 6) is -0.793. The lowest BCUT2D eigenvalue weighted by molar-refractivity contribution is 0.619. The molecule has 0 aliphatic heterocycles. The van der Waals surface area contributed by atoms with Crippen LogP contribution in [0.2, 0.25) is 0 Å². The van der Waals surface area contributed by atoms with Crippen molar-refractivity contribution in [2.24, 2.45) is 0 Å². The van der Waals surface area contributed by atoms with Crippen molar-refractivity contribution in [1.82, 2.24) is 9.13 Å². The summed E-state index contributed by atoms with van der Waals surface area (Å²) in [5.41, 5.74) is 5.19. The normalized spacial score (nSPS) is 11.3. The van der Waals surface area contributed by atoms with Gasteiger partial charge in [-0.25, -0.2) is 4.39 Å². The van der Waals surface area contributed by atoms with Crippen LogP contribution in [0.1, 0.15) is 11.1 Å². The first-order valence-corrected chi connectivity index (χ1v) is 11.9. The Labute approximate surface area is 211 Å². The molecule has 37 heavy (non-hydrogen) atoms. The van der Waals surface area contributed by atoms with Gasteiger partial charge in [-0.3, -0.25) is 0 Å². The number of hydrogen-bond acceptors (Lipinski definition) is 2. The number of rotatable bonds is 2. The Balaban J connectivity index is 1.77. The van der Waals surface area contributed by atoms with Crippen LogP contribution in [-0.2, 0) is 0 Å². The molecule has 5 aromatic carbocycles. The second kappa shape index (κ2) is 7.81. The fourth-order valence-corrected chi connectivity index (χ4v) is 5.52. The van der Waals surface area contributed by atoms with Crippen molar-refractivity contribution in [2.45, 2.75) is 0 Å². The van der Waals surface area contributed by atoms with Crippen molar-refractivity contribution in [3.63, 3.8) is 0 Å². The Morgan fingerprint density at radius 3 is 1.49 bits per heavy atom. The summed E-state index contributed by atoms with van der Waals surface area (Å²) in [5, 5.41) is 23.5. The van der Waals surface area contributed by atoms with E-state index in [2.05, 4.69) is 47.0 Å². The second-order valence-corrected chi connectivity index (χ2v) is 8.98. The predicted octanol–water partition coefficient (Wildman–Crippen LogP) is 7.76. The van der Waals surface area contributed by atoms with E-state index in [9.17, 15) is 14.9 Å². The lowest BCUT2D eigenvalue weighted by Gasteiger charge is -2.13. The zero-order valence-corrected chi connectivity index (χ0v) is 19.5. The molecule has 0 bridgehead atoms. The first-order valence-electron chi connectivity index (χ1n) is 11.9. The molecule has 0 amide bonds. The van der Waals surface area contributed by atoms with Crippen molar-refractivity contribution >= 4 is 43.6 Å². The van der Waals surface area contributed by atoms with Crippen molar-refractivity contribution < 1.29 is 4.39 Å². The van der Waals surface area contributed by atoms with Crippen LogP contribution >= 0.6 is 0 Å². The molecule has 0 aliphatic rings. The molecule has 0 saturated carbocycles. The van der Waals surface area contributed by atoms with E-state index in [-0.39, 0.29) is 11.1 Å². The fraction of sp³-hybridized carbons (Fsp3) is 0. The zero-order valence-electron chi connectivity index (χ0n) is 19.5. The molecule has 0 atom stereocenters. The summed E-state index contributed by atoms with van der Waals surface area (Å²) in [6, 6.07) is 37.7. The van der Waals surface area contributed by atoms with E-state index < -0.39 is 5.82 Å². The second-order valence-electron chi connectivity index (χ2n) is 8.98. The Hall–Kier alpha value is -5.39. The summed E-state index contributed by atoms with van der Waals surface area (Å²) >= 11 is 0. The number of aromatic nitrogens is 2. The van der Waals surface area contributed by atoms with Gasteiger partial charge in [-0.2, -0.15) is 10.5 Å². The molecule has 0 saturated heterocycles. The third-order valence-corrected chi connectivity index (χ3v) is 7.04. The fourth-order valence-electron chi connectivity index (χ4n) is 5.52. The first-order chi connectivity index (χ1) is 18.2. The molecule has 0 spiro atoms. The number of nitrogens with zero attached hydrogens (tertiary/aromatic N) is 4. The summed E-state index contributed by atoms with van der Waals surface area (Å²) in [6.45, 7) is 0. The highest BCUT2D eigenvalue weighted by Gasteiger charge is 2.22. The molecule has 2 aromatic heterocycles. The molecule has 7 aromatic rings. The molecular weight excluding hydrogens is 459 g/mol. The minimum Gasteiger partial charge on any atom is -0.307 e. The van der Waals surface area contributed by atoms with Crippen LogP contribution in [-0.4, -0.2) is 9.13 Å². The minimum absolute atomic E-state index is 0.157. The number of fused-ring (bicyclic) bond motifs is 7. The van der Waals surface area contributed by atoms with E-state index in [4.69, 9.17) is 0 Å². The Kier molecular flexibility index (Phi) is 4.42. The highest BCUT2D eigenvalue weighted by atomic mass is 19.1. The first kappa shape index (κ1) is 20.9. The van der Waals surface area contributed by atoms with Crippen LogP contribution < -0.4 is 0 Å². The maximum Gasteiger partial charge on any atom is 0.158 e. The molecule has 172 valence electrons. The van der Waals surface area contributed by atoms with Gasteiger partial charge < -0.3 is 9.13 Å². The van der Waals surface area contributed by atoms with Gasteiger partial charge in [0.15, 0.2) is 5.82 Å². The monoisotopic (exact) mass is 476 g/mol. The Morgan fingerprint density at radius 2 is 0.973 bits per heavy atom. The highest BCUT2D eigenvalue weighted by Crippen LogP contribution is 2.41. The van der Waals surface area contributed by atoms with E-state index >= 15 is 0 Å². The summed E-state index contributed by atoms with van der Waals surface area (Å²) in [4.78, 5) is 0. The van der Waals surface area contributed by atoms with E-state index in [0.29, 0.717) is 5.69 Å². The molecule has 0 fully saturated rings. The van der Waals surface area contributed by atoms with Crippen LogP contribution in [0, 0.1) is 28.5 Å². The topological polar surface area (TPSA) is 57.4 Å². The average molecular weight is 477 g/mol. The van der Waals surface area contributed by atoms with Gasteiger partial charge in [-0.15, -0.1) is 0 Å². The van der Waals surface area contributed by atoms with Gasteiger partial charge in [0.05, 0.1) is 33.2 Å². The summed E-state index contributed by atoms with van der Waals surface area (Å²) < 4.78 is 19.0. The third kappa shape index (κ3) is 2.86. The van der Waals surface area contributed by atoms with E-state index in [1.807, 2.05) is 65.2 Å². The molecule has 0 aliphatic carbocycles. The number of benzene rings is 5. The van der Waals surface area contributed by atoms with E-state index in [1.165, 1.54) is 12.1 Å². The van der Waals surface area contributed by atoms with Crippen molar-refractivity contribution in [2.75, 3.05) is 0 Å². The van der Waals surface area contributed by atoms with Gasteiger partial charge in [0, 0.05) is 32.9 Å². The van der Waals surface area contributed by atoms with Crippen molar-refractivity contribution in [3.8, 4) is 23.5 Å². The van der Waals surface area contributed by atoms with Gasteiger partial charge >= 0.3 is 0 Å². The van der Waals surface area contributed by atoms with Gasteiger partial charge in [0.2, 0.25) is 0 Å². The van der Waals surface area contributed by atoms with Crippen molar-refractivity contribution in [3.05, 3.63) is 120 Å². The standard InChI is InChI=1S/C32H17FN4/c33-30-20(18-34)16-23(17-21(30)19-35)37-29-13-7-5-11-25(29)27-15-14-26-24-10-4-6-12-28(24)36(31(26)32(27)37)22-8-2-1-3-9-22/h1-17H. The predicted molar refractivity (Wildman–Crippen MR) is 145 cm³/mol. The maximum absolute atomic E-state index is 14.7. The highest BCUT2D eigenvalue weighted by molar-refractivity contribution is 6.23. The van der Waals surface area contributed by atoms with Gasteiger partial charge in [-0.05, 0) is 36.4 Å². The SMILES string of the molecule is N#Cc1cc(-n2c3ccccc3c3ccc4c5ccccc5n(-c5ccccc5)c4c32)cc(C#N)c1F. The lowest BCUT2D eigenvalue weighted by Crippen LogP contribution is -2.01. The van der Waals surface area contributed by atoms with E-state index in [1.54, 1.807) is 0 Å². The zero-order chi connectivity index (χ0) is 25.1. The number of halogens is 1. The van der Waals surface area contributed by atoms with Crippen molar-refractivity contribution in [1.29, 1.82) is 10.5 Å². The number of para-hydroxylation sites is 3. The van der Waals surface area contributed by atoms with Gasteiger partial charge in [0.1, 0.15) is 12.1 Å². The molecule has 0 radical (unpaired) electrons. The molecule has 4 nitrogen and oxygen atoms in total. The maximum atomic E-state index is 14.7. The van der Waals surface area contributed by atoms with E-state index in [0.717, 1.165) is 49.3 Å². The lowest BCUT2D eigenvalue weighted by atomic mass is 10.1. The molecule has 5 heteroatoms. The summed E-state index contributed by atoms with van der Waals surface area (Å²) in [6.07, 6.45) is 0. The third-order valence-electron chi connectivity index (χ3n) is 7.04. The van der Waals surface area contributed by atoms with Crippen LogP contribution in [0.15, 0.2) is 103 Å². The summed E-state index contributed by atoms with van der Waals surface area (Å²) in [7, 11) is 0. The van der Waals surface area contributed by atoms with Gasteiger partial charge in [0.25, 0.3) is 0 Å². The Morgan fingerprint density at radius 1 is 0.514 bits per heavy atom. The minimum atomic E-state index is -0.793. The molecule has 0 unspecified atom stereocenters. The van der Waals surface area contributed by atoms with Crippen LogP contribution in [0.5, 0.6) is 0 Å². The number of nitriles is 2. The number of hydrogen-bond donors (Lipinski definition) is 0. The molecule has 7 rings (SSSR count). The van der Waals surface area contributed by atoms with Gasteiger partial charge in [-0.1, -0.05) is 66.7 Å². The molecular formula is C32H17FN4.